The quantitative estimate of drug-likeness (QED) is 0.288. The minimum atomic E-state index is -1.20. The zero-order valence-corrected chi connectivity index (χ0v) is 18.0. The number of carboxylic acid groups (broad SMARTS) is 1. The van der Waals surface area contributed by atoms with Crippen molar-refractivity contribution in [3.05, 3.63) is 0 Å². The molecule has 0 aliphatic carbocycles. The summed E-state index contributed by atoms with van der Waals surface area (Å²) in [6.07, 6.45) is -1.65. The zero-order valence-electron chi connectivity index (χ0n) is 16.0. The molecule has 10 heteroatoms. The molecule has 0 rings (SSSR count). The summed E-state index contributed by atoms with van der Waals surface area (Å²) in [5, 5.41) is 28.4. The Hall–Kier alpha value is -0.260. The van der Waals surface area contributed by atoms with Gasteiger partial charge in [0.2, 0.25) is 5.91 Å². The van der Waals surface area contributed by atoms with Crippen LogP contribution >= 0.6 is 0 Å². The number of aliphatic hydroxyl groups is 2. The summed E-state index contributed by atoms with van der Waals surface area (Å²) in [6.45, 7) is 0.969. The maximum Gasteiger partial charge on any atom is 1.00 e. The van der Waals surface area contributed by atoms with Crippen molar-refractivity contribution < 1.29 is 68.9 Å². The predicted molar refractivity (Wildman–Crippen MR) is 83.2 cm³/mol. The number of hydrogen-bond acceptors (Lipinski definition) is 6. The van der Waals surface area contributed by atoms with E-state index in [0.29, 0.717) is 22.1 Å². The molecule has 0 fully saturated rings. The van der Waals surface area contributed by atoms with Crippen molar-refractivity contribution in [2.75, 3.05) is 55.4 Å². The number of likely N-dealkylation sites (N-methyl/N-ethyl adjacent to an activating group) is 2. The Bertz CT molecular complexity index is 321. The molecule has 1 amide bonds. The topological polar surface area (TPSA) is 154 Å². The number of amides is 1. The number of primary amides is 1. The minimum absolute atomic E-state index is 0. The average molecular weight is 362 g/mol. The van der Waals surface area contributed by atoms with E-state index in [9.17, 15) is 19.8 Å². The van der Waals surface area contributed by atoms with E-state index >= 15 is 0 Å². The fraction of sp³-hybridized carbons (Fsp3) is 0.857. The van der Waals surface area contributed by atoms with Crippen molar-refractivity contribution in [3.63, 3.8) is 0 Å². The van der Waals surface area contributed by atoms with Gasteiger partial charge in [-0.15, -0.1) is 0 Å². The maximum absolute atomic E-state index is 10.4. The van der Waals surface area contributed by atoms with Gasteiger partial charge in [0, 0.05) is 12.4 Å². The molecule has 0 aromatic heterocycles. The van der Waals surface area contributed by atoms with Crippen molar-refractivity contribution in [1.82, 2.24) is 0 Å². The summed E-state index contributed by atoms with van der Waals surface area (Å²) in [6, 6.07) is 0. The van der Waals surface area contributed by atoms with Gasteiger partial charge in [0.15, 0.2) is 0 Å². The van der Waals surface area contributed by atoms with E-state index in [0.717, 1.165) is 0 Å². The number of carbonyl (C=O) groups excluding carboxylic acids is 2. The molecule has 0 aliphatic rings. The van der Waals surface area contributed by atoms with Gasteiger partial charge in [0.25, 0.3) is 0 Å². The predicted octanol–water partition coefficient (Wildman–Crippen LogP) is -6.05. The van der Waals surface area contributed by atoms with Crippen molar-refractivity contribution in [2.45, 2.75) is 25.0 Å². The van der Waals surface area contributed by atoms with Crippen molar-refractivity contribution in [2.24, 2.45) is 5.73 Å². The molecule has 5 N–H and O–H groups in total. The zero-order chi connectivity index (χ0) is 18.1. The molecular formula is C14H33N3NaO6+. The fourth-order valence-corrected chi connectivity index (χ4v) is 1.82. The van der Waals surface area contributed by atoms with Crippen molar-refractivity contribution in [3.8, 4) is 0 Å². The van der Waals surface area contributed by atoms with Gasteiger partial charge in [-0.3, -0.25) is 4.79 Å². The molecule has 0 saturated carbocycles. The van der Waals surface area contributed by atoms with Crippen molar-refractivity contribution in [1.29, 1.82) is 0 Å². The van der Waals surface area contributed by atoms with Gasteiger partial charge in [-0.2, -0.15) is 0 Å². The van der Waals surface area contributed by atoms with E-state index < -0.39 is 24.1 Å². The van der Waals surface area contributed by atoms with Gasteiger partial charge in [-0.1, -0.05) is 0 Å². The van der Waals surface area contributed by atoms with Crippen LogP contribution in [0.1, 0.15) is 12.8 Å². The molecule has 0 radical (unpaired) electrons. The Morgan fingerprint density at radius 2 is 1.21 bits per heavy atom. The van der Waals surface area contributed by atoms with Crippen LogP contribution in [0.15, 0.2) is 0 Å². The van der Waals surface area contributed by atoms with E-state index in [2.05, 4.69) is 0 Å². The van der Waals surface area contributed by atoms with Crippen LogP contribution in [-0.4, -0.2) is 104 Å². The summed E-state index contributed by atoms with van der Waals surface area (Å²) in [5.41, 5.74) is 4.91. The maximum atomic E-state index is 10.4. The molecule has 0 saturated heterocycles. The second-order valence-corrected chi connectivity index (χ2v) is 7.50. The van der Waals surface area contributed by atoms with E-state index in [1.165, 1.54) is 0 Å². The van der Waals surface area contributed by atoms with Crippen LogP contribution in [0.2, 0.25) is 0 Å². The number of rotatable bonds is 8. The molecule has 0 bridgehead atoms. The molecule has 0 aromatic carbocycles. The number of carbonyl (C=O) groups is 2. The van der Waals surface area contributed by atoms with Crippen LogP contribution in [-0.2, 0) is 9.59 Å². The van der Waals surface area contributed by atoms with E-state index in [1.807, 2.05) is 42.3 Å². The van der Waals surface area contributed by atoms with Gasteiger partial charge < -0.3 is 40.3 Å². The number of nitrogens with two attached hydrogens (primary N) is 1. The number of nitrogens with zero attached hydrogens (tertiary/aromatic N) is 2. The van der Waals surface area contributed by atoms with Crippen LogP contribution in [0.4, 0.5) is 0 Å². The first-order valence-corrected chi connectivity index (χ1v) is 7.07. The second kappa shape index (κ2) is 14.0. The molecule has 0 aliphatic heterocycles. The summed E-state index contributed by atoms with van der Waals surface area (Å²) < 4.78 is 1.18. The van der Waals surface area contributed by atoms with E-state index in [1.54, 1.807) is 0 Å². The van der Waals surface area contributed by atoms with Crippen LogP contribution in [0.5, 0.6) is 0 Å². The van der Waals surface area contributed by atoms with Gasteiger partial charge in [-0.05, 0) is 0 Å². The molecule has 2 atom stereocenters. The molecule has 0 spiro atoms. The Morgan fingerprint density at radius 3 is 1.42 bits per heavy atom. The van der Waals surface area contributed by atoms with E-state index in [-0.39, 0.29) is 47.9 Å². The third kappa shape index (κ3) is 29.7. The van der Waals surface area contributed by atoms with Crippen LogP contribution < -0.4 is 40.4 Å². The number of aliphatic carboxylic acids is 1. The third-order valence-corrected chi connectivity index (χ3v) is 2.36. The third-order valence-electron chi connectivity index (χ3n) is 2.36. The molecule has 140 valence electrons. The standard InChI is InChI=1S/C7H16N2O2.C7H15NO3.Na.H2O/c1-9(2,3)5-6(10)4-7(8)11;1-8(2,3)5-6(9)4-7(10)11;;/h6,10H,4-5H2,1-3H3,(H-,8,11);6,9H,4-5H2,1-3H3;;1H2/q;;+1;/t2*6-;;/m11../s1. The largest absolute Gasteiger partial charge is 1.00 e. The normalized spacial score (nSPS) is 13.3. The Morgan fingerprint density at radius 1 is 0.917 bits per heavy atom. The van der Waals surface area contributed by atoms with E-state index in [4.69, 9.17) is 10.8 Å². The number of carboxylic acids is 1. The number of aliphatic hydroxyl groups excluding tert-OH is 2. The van der Waals surface area contributed by atoms with Crippen LogP contribution in [0.25, 0.3) is 0 Å². The Labute approximate surface area is 166 Å². The van der Waals surface area contributed by atoms with Crippen LogP contribution in [0, 0.1) is 0 Å². The molecular weight excluding hydrogens is 329 g/mol. The van der Waals surface area contributed by atoms with Gasteiger partial charge in [-0.25, -0.2) is 0 Å². The minimum Gasteiger partial charge on any atom is -0.870 e. The first-order chi connectivity index (χ1) is 9.62. The molecule has 0 heterocycles. The van der Waals surface area contributed by atoms with Gasteiger partial charge >= 0.3 is 29.6 Å². The summed E-state index contributed by atoms with van der Waals surface area (Å²) in [5.74, 6) is -1.66. The smallest absolute Gasteiger partial charge is 0.870 e. The van der Waals surface area contributed by atoms with Gasteiger partial charge in [0.05, 0.1) is 48.7 Å². The molecule has 0 unspecified atom stereocenters. The monoisotopic (exact) mass is 362 g/mol. The average Bonchev–Trinajstić information content (AvgIpc) is 2.07. The Balaban J connectivity index is -0.000000154. The SMILES string of the molecule is C[N+](C)(C)C[C@H](O)CC(=O)[O-].C[N+](C)(C)C[C@H](O)CC(N)=O.[Na+].[OH-]. The first kappa shape index (κ1) is 31.5. The first-order valence-electron chi connectivity index (χ1n) is 7.07. The molecule has 0 aromatic rings. The summed E-state index contributed by atoms with van der Waals surface area (Å²) in [4.78, 5) is 20.4. The fourth-order valence-electron chi connectivity index (χ4n) is 1.82. The van der Waals surface area contributed by atoms with Gasteiger partial charge in [0.1, 0.15) is 25.3 Å². The molecule has 9 nitrogen and oxygen atoms in total. The molecule has 24 heavy (non-hydrogen) atoms. The number of hydrogen-bond donors (Lipinski definition) is 3. The van der Waals surface area contributed by atoms with Crippen LogP contribution in [0.3, 0.4) is 0 Å². The Kier molecular flexibility index (Phi) is 18.3. The summed E-state index contributed by atoms with van der Waals surface area (Å²) >= 11 is 0. The number of quaternary nitrogens is 2. The second-order valence-electron chi connectivity index (χ2n) is 7.50. The van der Waals surface area contributed by atoms with Crippen molar-refractivity contribution >= 4 is 11.9 Å². The summed E-state index contributed by atoms with van der Waals surface area (Å²) in [7, 11) is 11.5.